The van der Waals surface area contributed by atoms with Crippen LogP contribution in [0.2, 0.25) is 0 Å². The number of fused-ring (bicyclic) bond motifs is 2. The van der Waals surface area contributed by atoms with Gasteiger partial charge in [0.05, 0.1) is 4.90 Å². The maximum Gasteiger partial charge on any atom is 0.243 e. The summed E-state index contributed by atoms with van der Waals surface area (Å²) in [6.07, 6.45) is 2.88. The second-order valence-electron chi connectivity index (χ2n) is 5.17. The summed E-state index contributed by atoms with van der Waals surface area (Å²) in [6, 6.07) is 7.48. The topological polar surface area (TPSA) is 49.4 Å². The lowest BCUT2D eigenvalue weighted by molar-refractivity contribution is 0.334. The number of hydrogen-bond donors (Lipinski definition) is 1. The van der Waals surface area contributed by atoms with Crippen LogP contribution in [-0.4, -0.2) is 37.9 Å². The van der Waals surface area contributed by atoms with Crippen molar-refractivity contribution in [3.63, 3.8) is 0 Å². The predicted molar refractivity (Wildman–Crippen MR) is 89.7 cm³/mol. The number of hydrogen-bond acceptors (Lipinski definition) is 3. The Morgan fingerprint density at radius 3 is 2.70 bits per heavy atom. The molecule has 0 spiro atoms. The van der Waals surface area contributed by atoms with Crippen molar-refractivity contribution in [2.45, 2.75) is 36.2 Å². The van der Waals surface area contributed by atoms with Crippen LogP contribution in [0, 0.1) is 3.57 Å². The summed E-state index contributed by atoms with van der Waals surface area (Å²) in [4.78, 5) is 0.429. The van der Waals surface area contributed by atoms with Crippen LogP contribution >= 0.6 is 35.0 Å². The summed E-state index contributed by atoms with van der Waals surface area (Å²) in [7, 11) is -3.36. The van der Waals surface area contributed by atoms with Gasteiger partial charge in [0.2, 0.25) is 10.0 Å². The summed E-state index contributed by atoms with van der Waals surface area (Å²) in [5, 5.41) is 3.34. The van der Waals surface area contributed by atoms with Gasteiger partial charge in [0.15, 0.2) is 0 Å². The van der Waals surface area contributed by atoms with E-state index in [1.165, 1.54) is 0 Å². The summed E-state index contributed by atoms with van der Waals surface area (Å²) < 4.78 is 28.4. The Labute approximate surface area is 139 Å². The monoisotopic (exact) mass is 428 g/mol. The molecule has 1 aromatic carbocycles. The van der Waals surface area contributed by atoms with Gasteiger partial charge < -0.3 is 5.32 Å². The molecule has 2 aliphatic heterocycles. The number of nitrogens with zero attached hydrogens (tertiary/aromatic N) is 1. The first-order chi connectivity index (χ1) is 9.09. The summed E-state index contributed by atoms with van der Waals surface area (Å²) in [5.41, 5.74) is 0. The lowest BCUT2D eigenvalue weighted by Gasteiger charge is -2.26. The lowest BCUT2D eigenvalue weighted by Crippen LogP contribution is -2.42. The van der Waals surface area contributed by atoms with E-state index in [1.54, 1.807) is 16.4 Å². The zero-order valence-corrected chi connectivity index (χ0v) is 14.7. The molecule has 2 saturated heterocycles. The van der Waals surface area contributed by atoms with E-state index in [0.717, 1.165) is 35.9 Å². The van der Waals surface area contributed by atoms with Gasteiger partial charge in [0.25, 0.3) is 0 Å². The van der Waals surface area contributed by atoms with Crippen LogP contribution in [0.3, 0.4) is 0 Å². The third-order valence-electron chi connectivity index (χ3n) is 3.96. The highest BCUT2D eigenvalue weighted by Crippen LogP contribution is 2.33. The average molecular weight is 429 g/mol. The lowest BCUT2D eigenvalue weighted by atomic mass is 10.1. The number of sulfonamides is 1. The Hall–Kier alpha value is 0.110. The quantitative estimate of drug-likeness (QED) is 0.735. The minimum atomic E-state index is -3.36. The minimum absolute atomic E-state index is 0. The molecule has 2 heterocycles. The first kappa shape index (κ1) is 16.5. The van der Waals surface area contributed by atoms with Gasteiger partial charge in [-0.05, 0) is 66.6 Å². The van der Waals surface area contributed by atoms with Gasteiger partial charge in [-0.15, -0.1) is 12.4 Å². The van der Waals surface area contributed by atoms with Crippen LogP contribution in [0.15, 0.2) is 29.2 Å². The van der Waals surface area contributed by atoms with Crippen molar-refractivity contribution in [1.82, 2.24) is 9.62 Å². The van der Waals surface area contributed by atoms with E-state index >= 15 is 0 Å². The number of nitrogens with one attached hydrogen (secondary N) is 1. The van der Waals surface area contributed by atoms with Crippen LogP contribution in [0.1, 0.15) is 19.3 Å². The molecule has 1 N–H and O–H groups in total. The van der Waals surface area contributed by atoms with E-state index in [2.05, 4.69) is 27.9 Å². The normalized spacial score (nSPS) is 26.9. The average Bonchev–Trinajstić information content (AvgIpc) is 2.63. The van der Waals surface area contributed by atoms with Gasteiger partial charge >= 0.3 is 0 Å². The van der Waals surface area contributed by atoms with E-state index in [4.69, 9.17) is 0 Å². The standard InChI is InChI=1S/C13H17IN2O2S.ClH/c14-10-2-1-3-13(8-10)19(17,18)16-11-4-5-12(16)9-15-7-6-11;/h1-3,8,11-12,15H,4-7,9H2;1H. The summed E-state index contributed by atoms with van der Waals surface area (Å²) in [5.74, 6) is 0. The first-order valence-corrected chi connectivity index (χ1v) is 9.11. The highest BCUT2D eigenvalue weighted by Gasteiger charge is 2.42. The summed E-state index contributed by atoms with van der Waals surface area (Å²) in [6.45, 7) is 1.69. The fourth-order valence-corrected chi connectivity index (χ4v) is 5.78. The molecule has 2 unspecified atom stereocenters. The van der Waals surface area contributed by atoms with Crippen molar-refractivity contribution in [3.8, 4) is 0 Å². The molecule has 7 heteroatoms. The van der Waals surface area contributed by atoms with Gasteiger partial charge in [0.1, 0.15) is 0 Å². The fourth-order valence-electron chi connectivity index (χ4n) is 3.08. The second-order valence-corrected chi connectivity index (χ2v) is 8.26. The molecule has 2 fully saturated rings. The highest BCUT2D eigenvalue weighted by molar-refractivity contribution is 14.1. The Balaban J connectivity index is 0.00000147. The summed E-state index contributed by atoms with van der Waals surface area (Å²) >= 11 is 2.15. The number of rotatable bonds is 2. The van der Waals surface area contributed by atoms with Crippen LogP contribution in [0.5, 0.6) is 0 Å². The SMILES string of the molecule is Cl.O=S(=O)(c1cccc(I)c1)N1C2CCNCC1CC2. The smallest absolute Gasteiger partial charge is 0.243 e. The van der Waals surface area contributed by atoms with Gasteiger partial charge in [-0.1, -0.05) is 6.07 Å². The highest BCUT2D eigenvalue weighted by atomic mass is 127. The Morgan fingerprint density at radius 2 is 1.95 bits per heavy atom. The molecule has 20 heavy (non-hydrogen) atoms. The van der Waals surface area contributed by atoms with Gasteiger partial charge in [-0.3, -0.25) is 0 Å². The van der Waals surface area contributed by atoms with Crippen molar-refractivity contribution < 1.29 is 8.42 Å². The molecular formula is C13H18ClIN2O2S. The molecule has 112 valence electrons. The van der Waals surface area contributed by atoms with E-state index in [-0.39, 0.29) is 24.5 Å². The number of halogens is 2. The molecule has 2 atom stereocenters. The van der Waals surface area contributed by atoms with Crippen LogP contribution in [-0.2, 0) is 10.0 Å². The third-order valence-corrected chi connectivity index (χ3v) is 6.63. The van der Waals surface area contributed by atoms with E-state index in [0.29, 0.717) is 4.90 Å². The fraction of sp³-hybridized carbons (Fsp3) is 0.538. The first-order valence-electron chi connectivity index (χ1n) is 6.59. The van der Waals surface area contributed by atoms with Crippen LogP contribution in [0.25, 0.3) is 0 Å². The maximum absolute atomic E-state index is 12.8. The maximum atomic E-state index is 12.8. The minimum Gasteiger partial charge on any atom is -0.315 e. The molecular weight excluding hydrogens is 411 g/mol. The van der Waals surface area contributed by atoms with Crippen molar-refractivity contribution in [3.05, 3.63) is 27.8 Å². The molecule has 1 aromatic rings. The van der Waals surface area contributed by atoms with E-state index < -0.39 is 10.0 Å². The predicted octanol–water partition coefficient (Wildman–Crippen LogP) is 2.23. The molecule has 0 saturated carbocycles. The van der Waals surface area contributed by atoms with Crippen molar-refractivity contribution >= 4 is 45.0 Å². The third kappa shape index (κ3) is 2.99. The molecule has 0 aliphatic carbocycles. The Morgan fingerprint density at radius 1 is 1.20 bits per heavy atom. The van der Waals surface area contributed by atoms with Gasteiger partial charge in [-0.25, -0.2) is 8.42 Å². The molecule has 0 amide bonds. The van der Waals surface area contributed by atoms with Gasteiger partial charge in [0, 0.05) is 22.2 Å². The zero-order chi connectivity index (χ0) is 13.5. The molecule has 0 radical (unpaired) electrons. The molecule has 3 rings (SSSR count). The van der Waals surface area contributed by atoms with Crippen molar-refractivity contribution in [2.24, 2.45) is 0 Å². The second kappa shape index (κ2) is 6.48. The molecule has 2 aliphatic rings. The van der Waals surface area contributed by atoms with Crippen molar-refractivity contribution in [2.75, 3.05) is 13.1 Å². The Bertz CT molecular complexity index is 567. The molecule has 0 aromatic heterocycles. The largest absolute Gasteiger partial charge is 0.315 e. The van der Waals surface area contributed by atoms with Crippen molar-refractivity contribution in [1.29, 1.82) is 0 Å². The van der Waals surface area contributed by atoms with Crippen LogP contribution in [0.4, 0.5) is 0 Å². The van der Waals surface area contributed by atoms with Gasteiger partial charge in [-0.2, -0.15) is 4.31 Å². The Kier molecular flexibility index (Phi) is 5.34. The molecule has 2 bridgehead atoms. The van der Waals surface area contributed by atoms with E-state index in [9.17, 15) is 8.42 Å². The van der Waals surface area contributed by atoms with E-state index in [1.807, 2.05) is 12.1 Å². The number of benzene rings is 1. The zero-order valence-electron chi connectivity index (χ0n) is 11.0. The van der Waals surface area contributed by atoms with Crippen LogP contribution < -0.4 is 5.32 Å². The molecule has 4 nitrogen and oxygen atoms in total.